The molecule has 164 valence electrons. The van der Waals surface area contributed by atoms with E-state index in [4.69, 9.17) is 23.2 Å². The molecule has 11 heteroatoms. The smallest absolute Gasteiger partial charge is 0.238 e. The summed E-state index contributed by atoms with van der Waals surface area (Å²) >= 11 is 11.8. The van der Waals surface area contributed by atoms with Gasteiger partial charge in [0.15, 0.2) is 0 Å². The van der Waals surface area contributed by atoms with E-state index in [-0.39, 0.29) is 31.1 Å². The average molecular weight is 470 g/mol. The third-order valence-corrected chi connectivity index (χ3v) is 5.21. The Bertz CT molecular complexity index is 1070. The Morgan fingerprint density at radius 3 is 2.65 bits per heavy atom. The van der Waals surface area contributed by atoms with E-state index in [1.54, 1.807) is 19.2 Å². The lowest BCUT2D eigenvalue weighted by Crippen LogP contribution is -2.45. The maximum absolute atomic E-state index is 14.5. The molecule has 3 aromatic rings. The van der Waals surface area contributed by atoms with E-state index in [9.17, 15) is 18.7 Å². The quantitative estimate of drug-likeness (QED) is 0.528. The second-order valence-electron chi connectivity index (χ2n) is 7.10. The van der Waals surface area contributed by atoms with Crippen molar-refractivity contribution in [1.82, 2.24) is 19.7 Å². The van der Waals surface area contributed by atoms with Gasteiger partial charge in [-0.3, -0.25) is 9.69 Å². The molecule has 0 saturated carbocycles. The van der Waals surface area contributed by atoms with Crippen LogP contribution in [0.2, 0.25) is 10.0 Å². The molecule has 1 aromatic heterocycles. The highest BCUT2D eigenvalue weighted by Crippen LogP contribution is 2.28. The average Bonchev–Trinajstić information content (AvgIpc) is 3.16. The van der Waals surface area contributed by atoms with Crippen LogP contribution >= 0.6 is 23.2 Å². The highest BCUT2D eigenvalue weighted by Gasteiger charge is 2.35. The molecule has 1 atom stereocenters. The summed E-state index contributed by atoms with van der Waals surface area (Å²) in [7, 11) is 1.59. The van der Waals surface area contributed by atoms with Gasteiger partial charge in [-0.05, 0) is 31.3 Å². The Hall–Kier alpha value is -2.59. The summed E-state index contributed by atoms with van der Waals surface area (Å²) in [4.78, 5) is 17.7. The third-order valence-electron chi connectivity index (χ3n) is 4.47. The van der Waals surface area contributed by atoms with Crippen LogP contribution in [0.5, 0.6) is 0 Å². The number of anilines is 1. The number of likely N-dealkylation sites (N-methyl/N-ethyl adjacent to an activating group) is 1. The Labute approximate surface area is 187 Å². The fraction of sp³-hybridized carbons (Fsp3) is 0.250. The van der Waals surface area contributed by atoms with E-state index in [1.807, 2.05) is 0 Å². The van der Waals surface area contributed by atoms with Gasteiger partial charge in [0.05, 0.1) is 23.1 Å². The number of aromatic nitrogens is 3. The summed E-state index contributed by atoms with van der Waals surface area (Å²) in [5.41, 5.74) is -1.49. The van der Waals surface area contributed by atoms with Gasteiger partial charge in [0.1, 0.15) is 29.9 Å². The number of benzene rings is 2. The second-order valence-corrected chi connectivity index (χ2v) is 7.91. The molecule has 1 unspecified atom stereocenters. The van der Waals surface area contributed by atoms with Crippen LogP contribution in [0.25, 0.3) is 0 Å². The maximum Gasteiger partial charge on any atom is 0.238 e. The van der Waals surface area contributed by atoms with E-state index in [1.165, 1.54) is 34.4 Å². The number of aliphatic hydroxyl groups is 1. The van der Waals surface area contributed by atoms with Gasteiger partial charge >= 0.3 is 0 Å². The minimum absolute atomic E-state index is 0.122. The van der Waals surface area contributed by atoms with Crippen molar-refractivity contribution >= 4 is 34.8 Å². The van der Waals surface area contributed by atoms with E-state index in [2.05, 4.69) is 15.4 Å². The molecule has 7 nitrogen and oxygen atoms in total. The highest BCUT2D eigenvalue weighted by atomic mass is 35.5. The van der Waals surface area contributed by atoms with E-state index >= 15 is 0 Å². The normalized spacial score (nSPS) is 13.3. The molecule has 2 aromatic carbocycles. The number of amides is 1. The van der Waals surface area contributed by atoms with Gasteiger partial charge in [-0.15, -0.1) is 0 Å². The van der Waals surface area contributed by atoms with Crippen molar-refractivity contribution in [1.29, 1.82) is 0 Å². The van der Waals surface area contributed by atoms with E-state index in [0.29, 0.717) is 21.8 Å². The molecule has 0 radical (unpaired) electrons. The molecule has 0 aliphatic carbocycles. The van der Waals surface area contributed by atoms with Crippen molar-refractivity contribution in [2.45, 2.75) is 12.1 Å². The lowest BCUT2D eigenvalue weighted by Gasteiger charge is -2.33. The van der Waals surface area contributed by atoms with Crippen LogP contribution in [0.1, 0.15) is 5.56 Å². The molecule has 1 heterocycles. The third kappa shape index (κ3) is 5.98. The maximum atomic E-state index is 14.5. The zero-order valence-electron chi connectivity index (χ0n) is 16.4. The molecule has 0 spiro atoms. The molecular formula is C20H19Cl2F2N5O2. The van der Waals surface area contributed by atoms with Crippen LogP contribution in [0.3, 0.4) is 0 Å². The lowest BCUT2D eigenvalue weighted by molar-refractivity contribution is -0.118. The fourth-order valence-electron chi connectivity index (χ4n) is 3.19. The molecular weight excluding hydrogens is 451 g/mol. The zero-order valence-corrected chi connectivity index (χ0v) is 17.9. The molecule has 0 bridgehead atoms. The summed E-state index contributed by atoms with van der Waals surface area (Å²) in [5, 5.41) is 18.6. The summed E-state index contributed by atoms with van der Waals surface area (Å²) < 4.78 is 29.2. The van der Waals surface area contributed by atoms with Crippen LogP contribution < -0.4 is 5.32 Å². The first kappa shape index (κ1) is 23.1. The molecule has 0 aliphatic heterocycles. The first-order valence-electron chi connectivity index (χ1n) is 9.10. The van der Waals surface area contributed by atoms with Crippen molar-refractivity contribution in [3.63, 3.8) is 0 Å². The Morgan fingerprint density at radius 1 is 1.23 bits per heavy atom. The summed E-state index contributed by atoms with van der Waals surface area (Å²) in [6.07, 6.45) is 2.64. The fourth-order valence-corrected chi connectivity index (χ4v) is 3.49. The zero-order chi connectivity index (χ0) is 22.6. The second kappa shape index (κ2) is 9.69. The number of carbonyl (C=O) groups is 1. The van der Waals surface area contributed by atoms with Crippen LogP contribution in [0.15, 0.2) is 49.1 Å². The number of rotatable bonds is 8. The molecule has 1 amide bonds. The van der Waals surface area contributed by atoms with E-state index < -0.39 is 17.2 Å². The molecule has 0 saturated heterocycles. The van der Waals surface area contributed by atoms with Gasteiger partial charge in [-0.2, -0.15) is 5.10 Å². The van der Waals surface area contributed by atoms with Crippen LogP contribution in [0.4, 0.5) is 14.5 Å². The largest absolute Gasteiger partial charge is 0.382 e. The Kier molecular flexibility index (Phi) is 7.22. The van der Waals surface area contributed by atoms with Crippen molar-refractivity contribution < 1.29 is 18.7 Å². The van der Waals surface area contributed by atoms with Gasteiger partial charge in [0.2, 0.25) is 5.91 Å². The summed E-state index contributed by atoms with van der Waals surface area (Å²) in [6, 6.07) is 7.58. The number of hydrogen-bond acceptors (Lipinski definition) is 5. The molecule has 0 aliphatic rings. The molecule has 31 heavy (non-hydrogen) atoms. The SMILES string of the molecule is CN(CC(=O)Nc1ccc(Cl)c(Cl)c1)CC(O)(Cn1cncn1)c1ccc(F)cc1F. The Morgan fingerprint density at radius 2 is 2.00 bits per heavy atom. The van der Waals surface area contributed by atoms with Gasteiger partial charge in [-0.1, -0.05) is 29.3 Å². The highest BCUT2D eigenvalue weighted by molar-refractivity contribution is 6.42. The predicted octanol–water partition coefficient (Wildman–Crippen LogP) is 3.32. The van der Waals surface area contributed by atoms with Crippen LogP contribution in [-0.2, 0) is 16.9 Å². The van der Waals surface area contributed by atoms with Crippen LogP contribution in [0, 0.1) is 11.6 Å². The topological polar surface area (TPSA) is 83.3 Å². The standard InChI is InChI=1S/C20H19Cl2F2N5O2/c1-28(8-19(30)27-14-3-5-16(21)17(22)7-14)9-20(31,10-29-12-25-11-26-29)15-4-2-13(23)6-18(15)24/h2-7,11-12,31H,8-10H2,1H3,(H,27,30). The van der Waals surface area contributed by atoms with Crippen molar-refractivity contribution in [2.75, 3.05) is 25.5 Å². The molecule has 3 rings (SSSR count). The molecule has 2 N–H and O–H groups in total. The van der Waals surface area contributed by atoms with Crippen molar-refractivity contribution in [3.05, 3.63) is 76.3 Å². The minimum atomic E-state index is -1.82. The van der Waals surface area contributed by atoms with E-state index in [0.717, 1.165) is 6.07 Å². The number of nitrogens with one attached hydrogen (secondary N) is 1. The number of halogens is 4. The number of hydrogen-bond donors (Lipinski definition) is 2. The monoisotopic (exact) mass is 469 g/mol. The minimum Gasteiger partial charge on any atom is -0.382 e. The van der Waals surface area contributed by atoms with Gasteiger partial charge in [-0.25, -0.2) is 18.4 Å². The van der Waals surface area contributed by atoms with Crippen LogP contribution in [-0.4, -0.2) is 50.8 Å². The summed E-state index contributed by atoms with van der Waals surface area (Å²) in [5.74, 6) is -2.06. The first-order chi connectivity index (χ1) is 14.7. The number of nitrogens with zero attached hydrogens (tertiary/aromatic N) is 4. The number of carbonyl (C=O) groups excluding carboxylic acids is 1. The molecule has 0 fully saturated rings. The predicted molar refractivity (Wildman–Crippen MR) is 113 cm³/mol. The Balaban J connectivity index is 1.75. The van der Waals surface area contributed by atoms with Gasteiger partial charge < -0.3 is 10.4 Å². The summed E-state index contributed by atoms with van der Waals surface area (Å²) in [6.45, 7) is -0.429. The first-order valence-corrected chi connectivity index (χ1v) is 9.86. The lowest BCUT2D eigenvalue weighted by atomic mass is 9.92. The van der Waals surface area contributed by atoms with Gasteiger partial charge in [0, 0.05) is 23.9 Å². The van der Waals surface area contributed by atoms with Crippen molar-refractivity contribution in [2.24, 2.45) is 0 Å². The van der Waals surface area contributed by atoms with Crippen molar-refractivity contribution in [3.8, 4) is 0 Å². The van der Waals surface area contributed by atoms with Gasteiger partial charge in [0.25, 0.3) is 0 Å².